The van der Waals surface area contributed by atoms with Gasteiger partial charge in [0.2, 0.25) is 0 Å². The molecule has 3 atom stereocenters. The molecule has 1 saturated carbocycles. The van der Waals surface area contributed by atoms with Gasteiger partial charge in [0, 0.05) is 31.6 Å². The molecule has 5 heteroatoms. The summed E-state index contributed by atoms with van der Waals surface area (Å²) in [5.74, 6) is 0.367. The molecule has 2 rings (SSSR count). The van der Waals surface area contributed by atoms with Gasteiger partial charge in [0.05, 0.1) is 0 Å². The SMILES string of the molecule is CC(C1CC1)N1CC(N)CC(CC(F)(F)F)C1. The van der Waals surface area contributed by atoms with E-state index in [9.17, 15) is 13.2 Å². The number of alkyl halides is 3. The normalized spacial score (nSPS) is 33.7. The highest BCUT2D eigenvalue weighted by Crippen LogP contribution is 2.37. The number of piperidine rings is 1. The Morgan fingerprint density at radius 1 is 1.29 bits per heavy atom. The quantitative estimate of drug-likeness (QED) is 0.833. The Bertz CT molecular complexity index is 263. The fourth-order valence-corrected chi connectivity index (χ4v) is 2.97. The maximum absolute atomic E-state index is 12.4. The Morgan fingerprint density at radius 3 is 2.47 bits per heavy atom. The summed E-state index contributed by atoms with van der Waals surface area (Å²) in [5, 5.41) is 0. The first-order valence-electron chi connectivity index (χ1n) is 6.41. The summed E-state index contributed by atoms with van der Waals surface area (Å²) in [6.07, 6.45) is -1.80. The number of hydrogen-bond donors (Lipinski definition) is 1. The zero-order valence-corrected chi connectivity index (χ0v) is 10.2. The summed E-state index contributed by atoms with van der Waals surface area (Å²) in [5.41, 5.74) is 5.88. The number of hydrogen-bond acceptors (Lipinski definition) is 2. The lowest BCUT2D eigenvalue weighted by Gasteiger charge is -2.40. The predicted molar refractivity (Wildman–Crippen MR) is 60.5 cm³/mol. The average molecular weight is 250 g/mol. The van der Waals surface area contributed by atoms with Crippen molar-refractivity contribution in [2.75, 3.05) is 13.1 Å². The van der Waals surface area contributed by atoms with Gasteiger partial charge in [-0.05, 0) is 38.0 Å². The van der Waals surface area contributed by atoms with Gasteiger partial charge in [-0.25, -0.2) is 0 Å². The van der Waals surface area contributed by atoms with E-state index in [0.29, 0.717) is 24.9 Å². The van der Waals surface area contributed by atoms with Gasteiger partial charge in [-0.1, -0.05) is 0 Å². The molecule has 2 nitrogen and oxygen atoms in total. The molecule has 1 aliphatic heterocycles. The monoisotopic (exact) mass is 250 g/mol. The van der Waals surface area contributed by atoms with Crippen molar-refractivity contribution in [1.29, 1.82) is 0 Å². The minimum absolute atomic E-state index is 0.0997. The third-order valence-corrected chi connectivity index (χ3v) is 4.00. The van der Waals surface area contributed by atoms with Crippen LogP contribution in [0.25, 0.3) is 0 Å². The number of nitrogens with two attached hydrogens (primary N) is 1. The Balaban J connectivity index is 1.91. The van der Waals surface area contributed by atoms with Crippen LogP contribution >= 0.6 is 0 Å². The first-order valence-corrected chi connectivity index (χ1v) is 6.41. The second-order valence-corrected chi connectivity index (χ2v) is 5.71. The standard InChI is InChI=1S/C12H21F3N2/c1-8(10-2-3-10)17-6-9(4-11(16)7-17)5-12(13,14)15/h8-11H,2-7,16H2,1H3. The van der Waals surface area contributed by atoms with Crippen LogP contribution in [0.5, 0.6) is 0 Å². The summed E-state index contributed by atoms with van der Waals surface area (Å²) in [7, 11) is 0. The van der Waals surface area contributed by atoms with E-state index in [4.69, 9.17) is 5.73 Å². The molecule has 2 N–H and O–H groups in total. The topological polar surface area (TPSA) is 29.3 Å². The summed E-state index contributed by atoms with van der Waals surface area (Å²) in [4.78, 5) is 2.17. The fraction of sp³-hybridized carbons (Fsp3) is 1.00. The van der Waals surface area contributed by atoms with Crippen molar-refractivity contribution in [1.82, 2.24) is 4.90 Å². The Morgan fingerprint density at radius 2 is 1.94 bits per heavy atom. The van der Waals surface area contributed by atoms with E-state index in [1.165, 1.54) is 12.8 Å². The third-order valence-electron chi connectivity index (χ3n) is 4.00. The van der Waals surface area contributed by atoms with Crippen molar-refractivity contribution in [3.05, 3.63) is 0 Å². The molecule has 0 bridgehead atoms. The Labute approximate surface area is 100 Å². The fourth-order valence-electron chi connectivity index (χ4n) is 2.97. The number of nitrogens with zero attached hydrogens (tertiary/aromatic N) is 1. The van der Waals surface area contributed by atoms with Gasteiger partial charge in [-0.15, -0.1) is 0 Å². The minimum Gasteiger partial charge on any atom is -0.327 e. The lowest BCUT2D eigenvalue weighted by atomic mass is 9.90. The first-order chi connectivity index (χ1) is 7.85. The van der Waals surface area contributed by atoms with Crippen LogP contribution in [0.4, 0.5) is 13.2 Å². The lowest BCUT2D eigenvalue weighted by molar-refractivity contribution is -0.149. The molecule has 17 heavy (non-hydrogen) atoms. The van der Waals surface area contributed by atoms with Gasteiger partial charge < -0.3 is 5.73 Å². The van der Waals surface area contributed by atoms with E-state index < -0.39 is 12.6 Å². The van der Waals surface area contributed by atoms with Crippen LogP contribution < -0.4 is 5.73 Å². The van der Waals surface area contributed by atoms with Crippen molar-refractivity contribution < 1.29 is 13.2 Å². The molecular formula is C12H21F3N2. The molecule has 2 fully saturated rings. The van der Waals surface area contributed by atoms with E-state index in [0.717, 1.165) is 6.54 Å². The van der Waals surface area contributed by atoms with Crippen molar-refractivity contribution >= 4 is 0 Å². The van der Waals surface area contributed by atoms with Crippen molar-refractivity contribution in [3.63, 3.8) is 0 Å². The second kappa shape index (κ2) is 4.76. The molecule has 100 valence electrons. The molecule has 3 unspecified atom stereocenters. The highest BCUT2D eigenvalue weighted by atomic mass is 19.4. The van der Waals surface area contributed by atoms with E-state index in [2.05, 4.69) is 11.8 Å². The smallest absolute Gasteiger partial charge is 0.327 e. The molecule has 1 aliphatic carbocycles. The molecule has 2 aliphatic rings. The largest absolute Gasteiger partial charge is 0.389 e. The predicted octanol–water partition coefficient (Wildman–Crippen LogP) is 2.39. The minimum atomic E-state index is -4.06. The first kappa shape index (κ1) is 13.1. The summed E-state index contributed by atoms with van der Waals surface area (Å²) in [6.45, 7) is 3.44. The third kappa shape index (κ3) is 3.85. The maximum Gasteiger partial charge on any atom is 0.389 e. The summed E-state index contributed by atoms with van der Waals surface area (Å²) >= 11 is 0. The van der Waals surface area contributed by atoms with Crippen LogP contribution in [0.2, 0.25) is 0 Å². The highest BCUT2D eigenvalue weighted by molar-refractivity contribution is 4.91. The number of rotatable bonds is 3. The van der Waals surface area contributed by atoms with E-state index in [1.54, 1.807) is 0 Å². The molecule has 0 aromatic rings. The van der Waals surface area contributed by atoms with Crippen LogP contribution in [-0.4, -0.2) is 36.2 Å². The van der Waals surface area contributed by atoms with Crippen LogP contribution in [0.3, 0.4) is 0 Å². The van der Waals surface area contributed by atoms with Gasteiger partial charge in [-0.2, -0.15) is 13.2 Å². The van der Waals surface area contributed by atoms with E-state index in [1.807, 2.05) is 0 Å². The van der Waals surface area contributed by atoms with E-state index >= 15 is 0 Å². The van der Waals surface area contributed by atoms with Gasteiger partial charge in [0.25, 0.3) is 0 Å². The van der Waals surface area contributed by atoms with Crippen molar-refractivity contribution in [3.8, 4) is 0 Å². The zero-order chi connectivity index (χ0) is 12.6. The van der Waals surface area contributed by atoms with Crippen molar-refractivity contribution in [2.45, 2.75) is 50.9 Å². The molecular weight excluding hydrogens is 229 g/mol. The van der Waals surface area contributed by atoms with Crippen LogP contribution in [0, 0.1) is 11.8 Å². The van der Waals surface area contributed by atoms with Crippen LogP contribution in [0.1, 0.15) is 32.6 Å². The second-order valence-electron chi connectivity index (χ2n) is 5.71. The summed E-state index contributed by atoms with van der Waals surface area (Å²) < 4.78 is 37.2. The van der Waals surface area contributed by atoms with Gasteiger partial charge >= 0.3 is 6.18 Å². The number of halogens is 3. The molecule has 0 amide bonds. The van der Waals surface area contributed by atoms with Gasteiger partial charge in [0.1, 0.15) is 0 Å². The molecule has 0 spiro atoms. The van der Waals surface area contributed by atoms with Crippen LogP contribution in [-0.2, 0) is 0 Å². The summed E-state index contributed by atoms with van der Waals surface area (Å²) in [6, 6.07) is 0.300. The molecule has 0 aromatic carbocycles. The lowest BCUT2D eigenvalue weighted by Crippen LogP contribution is -2.51. The Hall–Kier alpha value is -0.290. The maximum atomic E-state index is 12.4. The molecule has 1 saturated heterocycles. The average Bonchev–Trinajstić information content (AvgIpc) is 2.95. The molecule has 0 aromatic heterocycles. The zero-order valence-electron chi connectivity index (χ0n) is 10.2. The van der Waals surface area contributed by atoms with E-state index in [-0.39, 0.29) is 12.0 Å². The molecule has 1 heterocycles. The molecule has 0 radical (unpaired) electrons. The van der Waals surface area contributed by atoms with Gasteiger partial charge in [0.15, 0.2) is 0 Å². The highest BCUT2D eigenvalue weighted by Gasteiger charge is 2.39. The van der Waals surface area contributed by atoms with Gasteiger partial charge in [-0.3, -0.25) is 4.90 Å². The number of likely N-dealkylation sites (tertiary alicyclic amines) is 1. The van der Waals surface area contributed by atoms with Crippen LogP contribution in [0.15, 0.2) is 0 Å². The Kier molecular flexibility index (Phi) is 3.69. The van der Waals surface area contributed by atoms with Crippen molar-refractivity contribution in [2.24, 2.45) is 17.6 Å².